The molecule has 2 aromatic rings. The van der Waals surface area contributed by atoms with E-state index in [4.69, 9.17) is 0 Å². The molecule has 0 spiro atoms. The number of benzene rings is 1. The first-order chi connectivity index (χ1) is 9.56. The molecule has 0 unspecified atom stereocenters. The fourth-order valence-electron chi connectivity index (χ4n) is 2.21. The van der Waals surface area contributed by atoms with Crippen LogP contribution in [0.2, 0.25) is 0 Å². The Morgan fingerprint density at radius 3 is 2.65 bits per heavy atom. The van der Waals surface area contributed by atoms with E-state index in [-0.39, 0.29) is 30.0 Å². The molecule has 1 aliphatic rings. The van der Waals surface area contributed by atoms with E-state index in [0.717, 1.165) is 0 Å². The lowest BCUT2D eigenvalue weighted by atomic mass is 10.0. The molecule has 2 nitrogen and oxygen atoms in total. The van der Waals surface area contributed by atoms with Crippen molar-refractivity contribution in [3.05, 3.63) is 54.6 Å². The average Bonchev–Trinajstić information content (AvgIpc) is 2.39. The third-order valence-corrected chi connectivity index (χ3v) is 3.35. The number of halogens is 3. The molecular weight excluding hydrogens is 265 g/mol. The highest BCUT2D eigenvalue weighted by molar-refractivity contribution is 5.66. The molecule has 5 heteroatoms. The molecule has 0 bridgehead atoms. The Kier molecular flexibility index (Phi) is 3.12. The van der Waals surface area contributed by atoms with Gasteiger partial charge in [0.15, 0.2) is 11.6 Å². The van der Waals surface area contributed by atoms with Crippen molar-refractivity contribution in [2.75, 3.05) is 18.0 Å². The highest BCUT2D eigenvalue weighted by Gasteiger charge is 2.29. The molecule has 1 aliphatic heterocycles. The van der Waals surface area contributed by atoms with Crippen LogP contribution in [0.4, 0.5) is 19.0 Å². The number of hydrogen-bond donors (Lipinski definition) is 0. The van der Waals surface area contributed by atoms with Crippen LogP contribution in [0.5, 0.6) is 0 Å². The molecule has 1 aromatic heterocycles. The topological polar surface area (TPSA) is 16.1 Å². The molecule has 0 saturated carbocycles. The zero-order chi connectivity index (χ0) is 14.3. The number of anilines is 1. The smallest absolute Gasteiger partial charge is 0.166 e. The maximum atomic E-state index is 14.0. The molecule has 103 valence electrons. The second kappa shape index (κ2) is 4.81. The molecule has 1 saturated heterocycles. The second-order valence-electron chi connectivity index (χ2n) is 4.81. The molecule has 0 atom stereocenters. The fraction of sp³-hybridized carbons (Fsp3) is 0.200. The van der Waals surface area contributed by atoms with Crippen LogP contribution < -0.4 is 4.90 Å². The minimum atomic E-state index is -0.934. The summed E-state index contributed by atoms with van der Waals surface area (Å²) in [6.07, 6.45) is 0.457. The Bertz CT molecular complexity index is 652. The highest BCUT2D eigenvalue weighted by atomic mass is 19.1. The van der Waals surface area contributed by atoms with E-state index in [1.807, 2.05) is 0 Å². The van der Waals surface area contributed by atoms with Gasteiger partial charge in [0.25, 0.3) is 0 Å². The van der Waals surface area contributed by atoms with Gasteiger partial charge in [-0.25, -0.2) is 18.2 Å². The molecule has 1 fully saturated rings. The van der Waals surface area contributed by atoms with Gasteiger partial charge in [0.05, 0.1) is 13.1 Å². The maximum absolute atomic E-state index is 14.0. The zero-order valence-corrected chi connectivity index (χ0v) is 10.6. The maximum Gasteiger partial charge on any atom is 0.166 e. The van der Waals surface area contributed by atoms with Gasteiger partial charge in [0, 0.05) is 17.3 Å². The fourth-order valence-corrected chi connectivity index (χ4v) is 2.21. The lowest BCUT2D eigenvalue weighted by Crippen LogP contribution is -2.49. The molecule has 1 radical (unpaired) electrons. The molecular formula is C15H12F3N2. The van der Waals surface area contributed by atoms with Gasteiger partial charge in [-0.05, 0) is 18.6 Å². The molecule has 0 aliphatic carbocycles. The minimum absolute atomic E-state index is 0.105. The zero-order valence-electron chi connectivity index (χ0n) is 10.6. The van der Waals surface area contributed by atoms with Crippen LogP contribution in [0.3, 0.4) is 0 Å². The quantitative estimate of drug-likeness (QED) is 0.836. The van der Waals surface area contributed by atoms with Crippen LogP contribution in [0.15, 0.2) is 30.5 Å². The van der Waals surface area contributed by atoms with Gasteiger partial charge >= 0.3 is 0 Å². The van der Waals surface area contributed by atoms with E-state index >= 15 is 0 Å². The average molecular weight is 277 g/mol. The van der Waals surface area contributed by atoms with E-state index in [1.165, 1.54) is 17.2 Å². The third kappa shape index (κ3) is 2.13. The van der Waals surface area contributed by atoms with Crippen LogP contribution >= 0.6 is 0 Å². The van der Waals surface area contributed by atoms with Crippen molar-refractivity contribution in [2.24, 2.45) is 0 Å². The Morgan fingerprint density at radius 2 is 2.00 bits per heavy atom. The summed E-state index contributed by atoms with van der Waals surface area (Å²) >= 11 is 0. The summed E-state index contributed by atoms with van der Waals surface area (Å²) in [6.45, 7) is 3.86. The summed E-state index contributed by atoms with van der Waals surface area (Å²) in [6, 6.07) is 5.95. The SMILES string of the molecule is [CH2]c1cccc(-c2cnc(N3CC(F)C3)c(F)c2)c1F. The van der Waals surface area contributed by atoms with E-state index in [0.29, 0.717) is 5.56 Å². The Morgan fingerprint density at radius 1 is 1.25 bits per heavy atom. The minimum Gasteiger partial charge on any atom is -0.348 e. The van der Waals surface area contributed by atoms with Crippen LogP contribution in [-0.2, 0) is 0 Å². The summed E-state index contributed by atoms with van der Waals surface area (Å²) in [5, 5.41) is 0. The largest absolute Gasteiger partial charge is 0.348 e. The number of alkyl halides is 1. The van der Waals surface area contributed by atoms with Crippen LogP contribution in [0, 0.1) is 18.6 Å². The first-order valence-corrected chi connectivity index (χ1v) is 6.21. The van der Waals surface area contributed by atoms with Gasteiger partial charge in [-0.15, -0.1) is 0 Å². The Labute approximate surface area is 114 Å². The van der Waals surface area contributed by atoms with Gasteiger partial charge in [-0.1, -0.05) is 18.2 Å². The normalized spacial score (nSPS) is 15.3. The van der Waals surface area contributed by atoms with Crippen molar-refractivity contribution in [1.82, 2.24) is 4.98 Å². The predicted octanol–water partition coefficient (Wildman–Crippen LogP) is 3.37. The van der Waals surface area contributed by atoms with E-state index in [2.05, 4.69) is 11.9 Å². The molecule has 0 amide bonds. The van der Waals surface area contributed by atoms with Crippen molar-refractivity contribution in [3.63, 3.8) is 0 Å². The van der Waals surface area contributed by atoms with Crippen molar-refractivity contribution < 1.29 is 13.2 Å². The number of hydrogen-bond acceptors (Lipinski definition) is 2. The highest BCUT2D eigenvalue weighted by Crippen LogP contribution is 2.29. The van der Waals surface area contributed by atoms with Crippen LogP contribution in [-0.4, -0.2) is 24.2 Å². The standard InChI is InChI=1S/C15H12F3N2/c1-9-3-2-4-12(14(9)18)10-5-13(17)15(19-6-10)20-7-11(16)8-20/h2-6,11H,1,7-8H2. The van der Waals surface area contributed by atoms with Crippen molar-refractivity contribution in [2.45, 2.75) is 6.17 Å². The van der Waals surface area contributed by atoms with Gasteiger partial charge in [-0.3, -0.25) is 0 Å². The summed E-state index contributed by atoms with van der Waals surface area (Å²) < 4.78 is 40.7. The molecule has 2 heterocycles. The third-order valence-electron chi connectivity index (χ3n) is 3.35. The van der Waals surface area contributed by atoms with E-state index in [9.17, 15) is 13.2 Å². The van der Waals surface area contributed by atoms with Gasteiger partial charge in [-0.2, -0.15) is 0 Å². The van der Waals surface area contributed by atoms with Crippen molar-refractivity contribution in [3.8, 4) is 11.1 Å². The number of rotatable bonds is 2. The number of pyridine rings is 1. The Balaban J connectivity index is 1.96. The van der Waals surface area contributed by atoms with Crippen molar-refractivity contribution >= 4 is 5.82 Å². The lowest BCUT2D eigenvalue weighted by molar-refractivity contribution is 0.271. The first kappa shape index (κ1) is 13.0. The monoisotopic (exact) mass is 277 g/mol. The number of aromatic nitrogens is 1. The molecule has 3 rings (SSSR count). The van der Waals surface area contributed by atoms with Crippen molar-refractivity contribution in [1.29, 1.82) is 0 Å². The predicted molar refractivity (Wildman–Crippen MR) is 71.2 cm³/mol. The van der Waals surface area contributed by atoms with Gasteiger partial charge in [0.1, 0.15) is 12.0 Å². The molecule has 20 heavy (non-hydrogen) atoms. The summed E-state index contributed by atoms with van der Waals surface area (Å²) in [4.78, 5) is 5.49. The first-order valence-electron chi connectivity index (χ1n) is 6.21. The van der Waals surface area contributed by atoms with Gasteiger partial charge < -0.3 is 4.90 Å². The van der Waals surface area contributed by atoms with Gasteiger partial charge in [0.2, 0.25) is 0 Å². The van der Waals surface area contributed by atoms with Crippen LogP contribution in [0.25, 0.3) is 11.1 Å². The Hall–Kier alpha value is -2.04. The van der Waals surface area contributed by atoms with Crippen LogP contribution in [0.1, 0.15) is 5.56 Å². The number of nitrogens with zero attached hydrogens (tertiary/aromatic N) is 2. The van der Waals surface area contributed by atoms with E-state index < -0.39 is 17.8 Å². The summed E-state index contributed by atoms with van der Waals surface area (Å²) in [5.41, 5.74) is 0.837. The second-order valence-corrected chi connectivity index (χ2v) is 4.81. The molecule has 0 N–H and O–H groups in total. The molecule has 1 aromatic carbocycles. The lowest BCUT2D eigenvalue weighted by Gasteiger charge is -2.35. The summed E-state index contributed by atoms with van der Waals surface area (Å²) in [5.74, 6) is -0.966. The van der Waals surface area contributed by atoms with E-state index in [1.54, 1.807) is 18.2 Å². The summed E-state index contributed by atoms with van der Waals surface area (Å²) in [7, 11) is 0.